The maximum atomic E-state index is 9.51. The highest BCUT2D eigenvalue weighted by Crippen LogP contribution is 1.78. The summed E-state index contributed by atoms with van der Waals surface area (Å²) >= 11 is -2.86. The predicted octanol–water partition coefficient (Wildman–Crippen LogP) is -1.19. The third-order valence-corrected chi connectivity index (χ3v) is 0.351. The second kappa shape index (κ2) is 3.36. The fourth-order valence-corrected chi connectivity index (χ4v) is 0.184. The molecule has 0 aromatic heterocycles. The molecule has 0 saturated heterocycles. The van der Waals surface area contributed by atoms with Gasteiger partial charge in [0.2, 0.25) is 0 Å². The van der Waals surface area contributed by atoms with Crippen LogP contribution in [0.25, 0.3) is 0 Å². The van der Waals surface area contributed by atoms with Crippen LogP contribution < -0.4 is 5.73 Å². The molecular weight excluding hydrogens is 138 g/mol. The zero-order chi connectivity index (χ0) is 6.57. The molecule has 0 bridgehead atoms. The summed E-state index contributed by atoms with van der Waals surface area (Å²) in [5.74, 6) is 0. The average Bonchev–Trinajstić information content (AvgIpc) is 1.61. The molecule has 1 amide bonds. The van der Waals surface area contributed by atoms with Gasteiger partial charge >= 0.3 is 6.09 Å². The van der Waals surface area contributed by atoms with Gasteiger partial charge in [-0.1, -0.05) is 4.33 Å². The summed E-state index contributed by atoms with van der Waals surface area (Å²) in [7, 11) is 0. The molecule has 8 heavy (non-hydrogen) atoms. The van der Waals surface area contributed by atoms with Crippen LogP contribution >= 0.6 is 0 Å². The number of amides is 1. The summed E-state index contributed by atoms with van der Waals surface area (Å²) in [6.07, 6.45) is -1.31. The van der Waals surface area contributed by atoms with Crippen molar-refractivity contribution in [3.8, 4) is 0 Å². The topological polar surface area (TPSA) is 102 Å². The molecule has 0 heterocycles. The molecule has 1 unspecified atom stereocenters. The van der Waals surface area contributed by atoms with Crippen molar-refractivity contribution < 1.29 is 22.8 Å². The molecule has 2 N–H and O–H groups in total. The lowest BCUT2D eigenvalue weighted by atomic mass is 11.3. The van der Waals surface area contributed by atoms with Gasteiger partial charge in [0.05, 0.1) is 0 Å². The zero-order valence-electron chi connectivity index (χ0n) is 3.53. The van der Waals surface area contributed by atoms with E-state index >= 15 is 0 Å². The summed E-state index contributed by atoms with van der Waals surface area (Å²) in [6, 6.07) is 0. The van der Waals surface area contributed by atoms with Gasteiger partial charge in [-0.15, -0.1) is 0 Å². The molecule has 0 rings (SSSR count). The Morgan fingerprint density at radius 3 is 2.38 bits per heavy atom. The predicted molar refractivity (Wildman–Crippen MR) is 20.7 cm³/mol. The van der Waals surface area contributed by atoms with E-state index in [-0.39, 0.29) is 0 Å². The molecule has 7 heteroatoms. The Labute approximate surface area is 47.0 Å². The molecule has 0 aliphatic rings. The third-order valence-electron chi connectivity index (χ3n) is 0.172. The Bertz CT molecular complexity index is 97.0. The first-order valence-electron chi connectivity index (χ1n) is 1.36. The van der Waals surface area contributed by atoms with Crippen molar-refractivity contribution in [1.29, 1.82) is 0 Å². The first-order valence-corrected chi connectivity index (χ1v) is 2.36. The lowest BCUT2D eigenvalue weighted by Gasteiger charge is -1.99. The van der Waals surface area contributed by atoms with Crippen LogP contribution in [0.1, 0.15) is 0 Å². The van der Waals surface area contributed by atoms with Crippen molar-refractivity contribution in [3.63, 3.8) is 0 Å². The van der Waals surface area contributed by atoms with Crippen LogP contribution in [0.3, 0.4) is 0 Å². The Morgan fingerprint density at radius 2 is 2.25 bits per heavy atom. The second-order valence-corrected chi connectivity index (χ2v) is 1.22. The number of hydrogen-bond donors (Lipinski definition) is 1. The molecule has 0 saturated carbocycles. The highest BCUT2D eigenvalue weighted by atomic mass is 32.2. The Kier molecular flexibility index (Phi) is 3.08. The Morgan fingerprint density at radius 1 is 1.75 bits per heavy atom. The van der Waals surface area contributed by atoms with E-state index in [0.717, 1.165) is 0 Å². The largest absolute Gasteiger partial charge is 0.747 e. The van der Waals surface area contributed by atoms with E-state index < -0.39 is 17.5 Å². The van der Waals surface area contributed by atoms with E-state index in [2.05, 4.69) is 15.0 Å². The van der Waals surface area contributed by atoms with E-state index in [9.17, 15) is 13.6 Å². The van der Waals surface area contributed by atoms with Gasteiger partial charge in [-0.25, -0.2) is 9.00 Å². The molecule has 0 aliphatic heterocycles. The van der Waals surface area contributed by atoms with Crippen molar-refractivity contribution >= 4 is 17.5 Å². The highest BCUT2D eigenvalue weighted by molar-refractivity contribution is 7.73. The normalized spacial score (nSPS) is 12.6. The number of carbonyl (C=O) groups is 1. The number of carbonyl (C=O) groups excluding carboxylic acids is 1. The summed E-state index contributed by atoms with van der Waals surface area (Å²) in [4.78, 5) is 12.8. The summed E-state index contributed by atoms with van der Waals surface area (Å²) < 4.78 is 21.9. The number of hydrogen-bond acceptors (Lipinski definition) is 5. The van der Waals surface area contributed by atoms with Crippen LogP contribution in [0, 0.1) is 0 Å². The van der Waals surface area contributed by atoms with Crippen LogP contribution in [-0.2, 0) is 20.6 Å². The van der Waals surface area contributed by atoms with E-state index in [1.165, 1.54) is 0 Å². The molecule has 0 radical (unpaired) electrons. The average molecular weight is 140 g/mol. The van der Waals surface area contributed by atoms with Gasteiger partial charge < -0.3 is 10.3 Å². The summed E-state index contributed by atoms with van der Waals surface area (Å²) in [6.45, 7) is 0. The molecule has 0 aromatic carbocycles. The van der Waals surface area contributed by atoms with Crippen LogP contribution in [0.5, 0.6) is 0 Å². The number of rotatable bonds is 2. The molecule has 0 fully saturated rings. The van der Waals surface area contributed by atoms with Crippen molar-refractivity contribution in [2.75, 3.05) is 0 Å². The number of primary amides is 1. The zero-order valence-corrected chi connectivity index (χ0v) is 4.34. The minimum atomic E-state index is -2.86. The fraction of sp³-hybridized carbons (Fsp3) is 0. The summed E-state index contributed by atoms with van der Waals surface area (Å²) in [5.41, 5.74) is 4.28. The molecular formula is CH2NO5S-. The van der Waals surface area contributed by atoms with Gasteiger partial charge in [-0.2, -0.15) is 0 Å². The van der Waals surface area contributed by atoms with Crippen LogP contribution in [0.2, 0.25) is 0 Å². The van der Waals surface area contributed by atoms with Gasteiger partial charge in [0, 0.05) is 0 Å². The minimum Gasteiger partial charge on any atom is -0.747 e. The lowest BCUT2D eigenvalue weighted by Crippen LogP contribution is -2.13. The highest BCUT2D eigenvalue weighted by Gasteiger charge is 1.91. The molecule has 1 atom stereocenters. The van der Waals surface area contributed by atoms with Gasteiger partial charge in [-0.3, -0.25) is 4.89 Å². The first kappa shape index (κ1) is 7.34. The van der Waals surface area contributed by atoms with Gasteiger partial charge in [0.25, 0.3) is 0 Å². The second-order valence-electron chi connectivity index (χ2n) is 0.675. The Hall–Kier alpha value is -0.660. The third kappa shape index (κ3) is 5.34. The quantitative estimate of drug-likeness (QED) is 0.295. The maximum Gasteiger partial charge on any atom is 0.437 e. The molecule has 0 aliphatic carbocycles. The van der Waals surface area contributed by atoms with Crippen LogP contribution in [0.4, 0.5) is 4.79 Å². The van der Waals surface area contributed by atoms with E-state index in [1.54, 1.807) is 0 Å². The van der Waals surface area contributed by atoms with Crippen molar-refractivity contribution in [2.45, 2.75) is 0 Å². The fourth-order valence-electron chi connectivity index (χ4n) is 0.0613. The van der Waals surface area contributed by atoms with Crippen LogP contribution in [-0.4, -0.2) is 14.9 Å². The summed E-state index contributed by atoms with van der Waals surface area (Å²) in [5, 5.41) is 0. The van der Waals surface area contributed by atoms with Gasteiger partial charge in [0.1, 0.15) is 11.4 Å². The van der Waals surface area contributed by atoms with Gasteiger partial charge in [-0.05, 0) is 0 Å². The van der Waals surface area contributed by atoms with E-state index in [4.69, 9.17) is 0 Å². The molecule has 0 aromatic rings. The van der Waals surface area contributed by atoms with Crippen LogP contribution in [0.15, 0.2) is 0 Å². The van der Waals surface area contributed by atoms with Crippen molar-refractivity contribution in [2.24, 2.45) is 5.73 Å². The van der Waals surface area contributed by atoms with E-state index in [0.29, 0.717) is 0 Å². The smallest absolute Gasteiger partial charge is 0.437 e. The van der Waals surface area contributed by atoms with Gasteiger partial charge in [0.15, 0.2) is 0 Å². The van der Waals surface area contributed by atoms with E-state index in [1.807, 2.05) is 0 Å². The van der Waals surface area contributed by atoms with Crippen molar-refractivity contribution in [1.82, 2.24) is 0 Å². The standard InChI is InChI=1S/CH3NO5S/c2-1(3)6-7-8(4)5/h(H2,2,3)(H,4,5)/p-1. The monoisotopic (exact) mass is 140 g/mol. The van der Waals surface area contributed by atoms with Crippen molar-refractivity contribution in [3.05, 3.63) is 0 Å². The lowest BCUT2D eigenvalue weighted by molar-refractivity contribution is -0.134. The molecule has 0 spiro atoms. The maximum absolute atomic E-state index is 9.51. The first-order chi connectivity index (χ1) is 3.63. The minimum absolute atomic E-state index is 1.31. The number of nitrogens with two attached hydrogens (primary N) is 1. The molecule has 6 nitrogen and oxygen atoms in total. The SMILES string of the molecule is NC(=O)OOS(=O)[O-]. The Balaban J connectivity index is 3.18. The molecule has 48 valence electrons.